The highest BCUT2D eigenvalue weighted by molar-refractivity contribution is 6.06. The molecule has 0 saturated carbocycles. The minimum atomic E-state index is -0.775. The molecule has 2 aliphatic rings. The third kappa shape index (κ3) is 7.20. The number of nitrogens with zero attached hydrogens (tertiary/aromatic N) is 3. The topological polar surface area (TPSA) is 119 Å². The molecule has 0 bridgehead atoms. The average molecular weight is 551 g/mol. The van der Waals surface area contributed by atoms with Gasteiger partial charge in [0.25, 0.3) is 11.6 Å². The average Bonchev–Trinajstić information content (AvgIpc) is 3.04. The number of benzene rings is 2. The number of anilines is 2. The molecule has 2 aliphatic heterocycles. The van der Waals surface area contributed by atoms with Gasteiger partial charge in [0.05, 0.1) is 27.5 Å². The molecule has 0 spiro atoms. The van der Waals surface area contributed by atoms with E-state index >= 15 is 0 Å². The Morgan fingerprint density at radius 1 is 1.10 bits per heavy atom. The largest absolute Gasteiger partial charge is 0.390 e. The Balaban J connectivity index is 1.73. The number of non-ortho nitro benzene ring substituents is 1. The van der Waals surface area contributed by atoms with Crippen molar-refractivity contribution in [3.05, 3.63) is 62.5 Å². The zero-order valence-corrected chi connectivity index (χ0v) is 24.2. The maximum Gasteiger partial charge on any atom is 0.270 e. The number of hydrogen-bond donors (Lipinski definition) is 3. The molecule has 0 aliphatic carbocycles. The van der Waals surface area contributed by atoms with Gasteiger partial charge in [-0.15, -0.1) is 0 Å². The number of rotatable bonds is 8. The zero-order chi connectivity index (χ0) is 29.2. The second kappa shape index (κ2) is 11.6. The second-order valence-electron chi connectivity index (χ2n) is 12.4. The van der Waals surface area contributed by atoms with E-state index in [0.29, 0.717) is 18.7 Å². The van der Waals surface area contributed by atoms with Gasteiger partial charge in [-0.3, -0.25) is 14.9 Å². The number of carbonyl (C=O) groups is 1. The van der Waals surface area contributed by atoms with Crippen molar-refractivity contribution in [3.8, 4) is 0 Å². The summed E-state index contributed by atoms with van der Waals surface area (Å²) < 4.78 is 0. The summed E-state index contributed by atoms with van der Waals surface area (Å²) in [5.41, 5.74) is 0.0927. The lowest BCUT2D eigenvalue weighted by Gasteiger charge is -2.39. The molecule has 2 aromatic carbocycles. The molecule has 9 nitrogen and oxygen atoms in total. The number of hydrogen-bond acceptors (Lipinski definition) is 7. The molecule has 1 amide bonds. The van der Waals surface area contributed by atoms with Gasteiger partial charge in [-0.05, 0) is 94.9 Å². The van der Waals surface area contributed by atoms with E-state index in [9.17, 15) is 25.1 Å². The van der Waals surface area contributed by atoms with Crippen LogP contribution in [0, 0.1) is 16.0 Å². The smallest absolute Gasteiger partial charge is 0.270 e. The van der Waals surface area contributed by atoms with Crippen LogP contribution < -0.4 is 20.7 Å². The third-order valence-corrected chi connectivity index (χ3v) is 8.14. The van der Waals surface area contributed by atoms with Crippen LogP contribution in [0.15, 0.2) is 36.4 Å². The lowest BCUT2D eigenvalue weighted by molar-refractivity contribution is -0.384. The van der Waals surface area contributed by atoms with Gasteiger partial charge >= 0.3 is 0 Å². The Bertz CT molecular complexity index is 1370. The molecule has 1 saturated heterocycles. The zero-order valence-electron chi connectivity index (χ0n) is 24.2. The first kappa shape index (κ1) is 29.6. The van der Waals surface area contributed by atoms with Crippen LogP contribution in [0.5, 0.6) is 0 Å². The van der Waals surface area contributed by atoms with Crippen LogP contribution >= 0.6 is 0 Å². The van der Waals surface area contributed by atoms with Gasteiger partial charge in [-0.1, -0.05) is 12.1 Å². The van der Waals surface area contributed by atoms with E-state index < -0.39 is 22.0 Å². The van der Waals surface area contributed by atoms with Crippen molar-refractivity contribution in [1.82, 2.24) is 4.90 Å². The van der Waals surface area contributed by atoms with E-state index in [0.717, 1.165) is 48.5 Å². The van der Waals surface area contributed by atoms with Crippen molar-refractivity contribution >= 4 is 35.2 Å². The number of piperidine rings is 1. The van der Waals surface area contributed by atoms with Crippen molar-refractivity contribution in [2.45, 2.75) is 77.5 Å². The summed E-state index contributed by atoms with van der Waals surface area (Å²) in [7, 11) is 0. The third-order valence-electron chi connectivity index (χ3n) is 8.14. The second-order valence-corrected chi connectivity index (χ2v) is 12.4. The number of fused-ring (bicyclic) bond motifs is 1. The van der Waals surface area contributed by atoms with Crippen molar-refractivity contribution < 1.29 is 19.9 Å². The quantitative estimate of drug-likeness (QED) is 0.339. The number of aliphatic hydroxyl groups is 2. The SMILES string of the molecule is CC1CC=c2cc(N3CCC(C(C)(C)O)CC3)c(NC(=O)c3cccc([N+](=O)[O-])c3)cc2=CN1CCC(C)(C)O. The summed E-state index contributed by atoms with van der Waals surface area (Å²) in [6.07, 6.45) is 7.44. The van der Waals surface area contributed by atoms with Crippen LogP contribution in [-0.2, 0) is 0 Å². The van der Waals surface area contributed by atoms with Crippen LogP contribution in [0.3, 0.4) is 0 Å². The predicted molar refractivity (Wildman–Crippen MR) is 159 cm³/mol. The fraction of sp³-hybridized carbons (Fsp3) is 0.516. The molecule has 0 aromatic heterocycles. The maximum absolute atomic E-state index is 13.3. The number of carbonyl (C=O) groups excluding carboxylic acids is 1. The molecule has 40 heavy (non-hydrogen) atoms. The minimum absolute atomic E-state index is 0.136. The number of nitro groups is 1. The standard InChI is InChI=1S/C31H42N4O5/c1-21-9-10-22-19-28(33-14-11-25(12-15-33)31(4,5)38)27(18-24(22)20-34(21)16-13-30(2,3)37)32-29(36)23-7-6-8-26(17-23)35(39)40/h6-8,10,17-21,25,37-38H,9,11-16H2,1-5H3,(H,32,36). The highest BCUT2D eigenvalue weighted by atomic mass is 16.6. The lowest BCUT2D eigenvalue weighted by atomic mass is 9.83. The summed E-state index contributed by atoms with van der Waals surface area (Å²) in [6, 6.07) is 10.1. The van der Waals surface area contributed by atoms with Gasteiger partial charge in [0, 0.05) is 49.6 Å². The van der Waals surface area contributed by atoms with Gasteiger partial charge < -0.3 is 25.3 Å². The van der Waals surface area contributed by atoms with Crippen molar-refractivity contribution in [2.75, 3.05) is 29.9 Å². The first-order chi connectivity index (χ1) is 18.7. The van der Waals surface area contributed by atoms with E-state index in [1.165, 1.54) is 18.2 Å². The van der Waals surface area contributed by atoms with E-state index in [1.807, 2.05) is 33.8 Å². The van der Waals surface area contributed by atoms with Gasteiger partial charge in [-0.2, -0.15) is 0 Å². The van der Waals surface area contributed by atoms with Gasteiger partial charge in [0.2, 0.25) is 0 Å². The first-order valence-electron chi connectivity index (χ1n) is 14.1. The lowest BCUT2D eigenvalue weighted by Crippen LogP contribution is -2.43. The summed E-state index contributed by atoms with van der Waals surface area (Å²) in [5, 5.41) is 37.2. The molecule has 1 fully saturated rings. The van der Waals surface area contributed by atoms with Crippen LogP contribution in [0.1, 0.15) is 70.7 Å². The van der Waals surface area contributed by atoms with Crippen LogP contribution in [0.4, 0.5) is 17.1 Å². The molecular weight excluding hydrogens is 508 g/mol. The summed E-state index contributed by atoms with van der Waals surface area (Å²) >= 11 is 0. The summed E-state index contributed by atoms with van der Waals surface area (Å²) in [4.78, 5) is 28.6. The van der Waals surface area contributed by atoms with Crippen molar-refractivity contribution in [2.24, 2.45) is 5.92 Å². The highest BCUT2D eigenvalue weighted by Crippen LogP contribution is 2.33. The molecule has 1 atom stereocenters. The summed E-state index contributed by atoms with van der Waals surface area (Å²) in [6.45, 7) is 11.7. The minimum Gasteiger partial charge on any atom is -0.390 e. The van der Waals surface area contributed by atoms with E-state index in [2.05, 4.69) is 40.4 Å². The first-order valence-corrected chi connectivity index (χ1v) is 14.1. The van der Waals surface area contributed by atoms with E-state index in [-0.39, 0.29) is 23.2 Å². The molecule has 2 heterocycles. The van der Waals surface area contributed by atoms with E-state index in [4.69, 9.17) is 0 Å². The predicted octanol–water partition coefficient (Wildman–Crippen LogP) is 3.61. The molecular formula is C31H42N4O5. The Hall–Kier alpha value is -3.43. The Kier molecular flexibility index (Phi) is 8.56. The molecule has 216 valence electrons. The molecule has 1 unspecified atom stereocenters. The van der Waals surface area contributed by atoms with Crippen LogP contribution in [-0.4, -0.2) is 62.8 Å². The molecule has 3 N–H and O–H groups in total. The van der Waals surface area contributed by atoms with Crippen LogP contribution in [0.25, 0.3) is 12.3 Å². The molecule has 4 rings (SSSR count). The number of nitro benzene ring substituents is 1. The molecule has 0 radical (unpaired) electrons. The van der Waals surface area contributed by atoms with Crippen molar-refractivity contribution in [3.63, 3.8) is 0 Å². The van der Waals surface area contributed by atoms with Gasteiger partial charge in [0.15, 0.2) is 0 Å². The fourth-order valence-corrected chi connectivity index (χ4v) is 5.48. The fourth-order valence-electron chi connectivity index (χ4n) is 5.48. The Labute approximate surface area is 236 Å². The highest BCUT2D eigenvalue weighted by Gasteiger charge is 2.31. The van der Waals surface area contributed by atoms with E-state index in [1.54, 1.807) is 6.07 Å². The molecule has 2 aromatic rings. The van der Waals surface area contributed by atoms with Crippen LogP contribution in [0.2, 0.25) is 0 Å². The Morgan fingerprint density at radius 2 is 1.80 bits per heavy atom. The van der Waals surface area contributed by atoms with Gasteiger partial charge in [0.1, 0.15) is 0 Å². The molecule has 9 heteroatoms. The Morgan fingerprint density at radius 3 is 2.42 bits per heavy atom. The summed E-state index contributed by atoms with van der Waals surface area (Å²) in [5.74, 6) is -0.223. The monoisotopic (exact) mass is 550 g/mol. The van der Waals surface area contributed by atoms with Crippen molar-refractivity contribution in [1.29, 1.82) is 0 Å². The maximum atomic E-state index is 13.3. The number of nitrogens with one attached hydrogen (secondary N) is 1. The normalized spacial score (nSPS) is 18.3. The number of amides is 1. The van der Waals surface area contributed by atoms with Gasteiger partial charge in [-0.25, -0.2) is 0 Å².